The van der Waals surface area contributed by atoms with E-state index in [1.54, 1.807) is 13.0 Å². The minimum Gasteiger partial charge on any atom is -0.508 e. The Labute approximate surface area is 103 Å². The lowest BCUT2D eigenvalue weighted by Crippen LogP contribution is -2.16. The van der Waals surface area contributed by atoms with Gasteiger partial charge >= 0.3 is 5.63 Å². The lowest BCUT2D eigenvalue weighted by molar-refractivity contribution is -0.117. The molecule has 1 amide bonds. The first kappa shape index (κ1) is 12.2. The summed E-state index contributed by atoms with van der Waals surface area (Å²) in [4.78, 5) is 22.5. The van der Waals surface area contributed by atoms with Crippen LogP contribution in [0.25, 0.3) is 11.0 Å². The van der Waals surface area contributed by atoms with Gasteiger partial charge in [-0.05, 0) is 31.0 Å². The van der Waals surface area contributed by atoms with Crippen molar-refractivity contribution in [3.05, 3.63) is 39.7 Å². The van der Waals surface area contributed by atoms with Crippen LogP contribution in [0.3, 0.4) is 0 Å². The minimum atomic E-state index is -0.494. The molecule has 0 fully saturated rings. The molecule has 18 heavy (non-hydrogen) atoms. The SMILES string of the molecule is Cc1c(CCC(N)=O)c(=O)oc2cc(O)ccc12. The number of aryl methyl sites for hydroxylation is 1. The lowest BCUT2D eigenvalue weighted by atomic mass is 10.0. The Hall–Kier alpha value is -2.30. The summed E-state index contributed by atoms with van der Waals surface area (Å²) in [5, 5.41) is 10.1. The molecule has 0 aliphatic carbocycles. The van der Waals surface area contributed by atoms with Gasteiger partial charge in [-0.2, -0.15) is 0 Å². The van der Waals surface area contributed by atoms with Gasteiger partial charge in [-0.15, -0.1) is 0 Å². The van der Waals surface area contributed by atoms with Gasteiger partial charge in [-0.3, -0.25) is 4.79 Å². The molecular weight excluding hydrogens is 234 g/mol. The molecule has 1 heterocycles. The zero-order chi connectivity index (χ0) is 13.3. The number of carbonyl (C=O) groups is 1. The van der Waals surface area contributed by atoms with Crippen molar-refractivity contribution in [3.63, 3.8) is 0 Å². The average Bonchev–Trinajstić information content (AvgIpc) is 2.27. The van der Waals surface area contributed by atoms with Gasteiger partial charge < -0.3 is 15.3 Å². The van der Waals surface area contributed by atoms with Crippen LogP contribution in [0.4, 0.5) is 0 Å². The Morgan fingerprint density at radius 2 is 2.17 bits per heavy atom. The molecule has 0 unspecified atom stereocenters. The van der Waals surface area contributed by atoms with Crippen molar-refractivity contribution in [2.75, 3.05) is 0 Å². The first-order valence-corrected chi connectivity index (χ1v) is 5.52. The fourth-order valence-corrected chi connectivity index (χ4v) is 1.92. The molecule has 1 aromatic heterocycles. The largest absolute Gasteiger partial charge is 0.508 e. The lowest BCUT2D eigenvalue weighted by Gasteiger charge is -2.06. The van der Waals surface area contributed by atoms with Gasteiger partial charge in [0, 0.05) is 23.4 Å². The number of carbonyl (C=O) groups excluding carboxylic acids is 1. The van der Waals surface area contributed by atoms with Crippen LogP contribution in [0.15, 0.2) is 27.4 Å². The third kappa shape index (κ3) is 2.20. The highest BCUT2D eigenvalue weighted by Crippen LogP contribution is 2.23. The summed E-state index contributed by atoms with van der Waals surface area (Å²) in [6.45, 7) is 1.78. The maximum Gasteiger partial charge on any atom is 0.339 e. The van der Waals surface area contributed by atoms with E-state index in [0.717, 1.165) is 10.9 Å². The molecule has 0 spiro atoms. The van der Waals surface area contributed by atoms with Crippen LogP contribution in [0.1, 0.15) is 17.5 Å². The molecule has 0 bridgehead atoms. The molecule has 94 valence electrons. The Morgan fingerprint density at radius 3 is 2.83 bits per heavy atom. The van der Waals surface area contributed by atoms with Crippen molar-refractivity contribution in [1.82, 2.24) is 0 Å². The highest BCUT2D eigenvalue weighted by atomic mass is 16.4. The number of aromatic hydroxyl groups is 1. The summed E-state index contributed by atoms with van der Waals surface area (Å²) in [5.74, 6) is -0.422. The highest BCUT2D eigenvalue weighted by Gasteiger charge is 2.12. The molecule has 3 N–H and O–H groups in total. The maximum atomic E-state index is 11.8. The highest BCUT2D eigenvalue weighted by molar-refractivity contribution is 5.82. The van der Waals surface area contributed by atoms with E-state index in [4.69, 9.17) is 10.2 Å². The molecule has 0 radical (unpaired) electrons. The monoisotopic (exact) mass is 247 g/mol. The normalized spacial score (nSPS) is 10.7. The van der Waals surface area contributed by atoms with Gasteiger partial charge in [0.05, 0.1) is 0 Å². The summed E-state index contributed by atoms with van der Waals surface area (Å²) in [6.07, 6.45) is 0.371. The molecule has 5 nitrogen and oxygen atoms in total. The van der Waals surface area contributed by atoms with Crippen molar-refractivity contribution in [2.45, 2.75) is 19.8 Å². The van der Waals surface area contributed by atoms with Crippen LogP contribution in [0.5, 0.6) is 5.75 Å². The van der Waals surface area contributed by atoms with E-state index in [2.05, 4.69) is 0 Å². The number of rotatable bonds is 3. The topological polar surface area (TPSA) is 93.5 Å². The van der Waals surface area contributed by atoms with Crippen LogP contribution < -0.4 is 11.4 Å². The number of phenols is 1. The number of hydrogen-bond acceptors (Lipinski definition) is 4. The molecular formula is C13H13NO4. The number of hydrogen-bond donors (Lipinski definition) is 2. The summed E-state index contributed by atoms with van der Waals surface area (Å²) in [5.41, 5.74) is 6.11. The standard InChI is InChI=1S/C13H13NO4/c1-7-9-3-2-8(15)6-11(9)18-13(17)10(7)4-5-12(14)16/h2-3,6,15H,4-5H2,1H3,(H2,14,16). The molecule has 0 atom stereocenters. The number of primary amides is 1. The number of phenolic OH excluding ortho intramolecular Hbond substituents is 1. The van der Waals surface area contributed by atoms with E-state index < -0.39 is 11.5 Å². The summed E-state index contributed by atoms with van der Waals surface area (Å²) >= 11 is 0. The van der Waals surface area contributed by atoms with E-state index in [-0.39, 0.29) is 18.6 Å². The fourth-order valence-electron chi connectivity index (χ4n) is 1.92. The fraction of sp³-hybridized carbons (Fsp3) is 0.231. The van der Waals surface area contributed by atoms with Gasteiger partial charge in [0.1, 0.15) is 11.3 Å². The number of amides is 1. The van der Waals surface area contributed by atoms with Crippen LogP contribution in [-0.4, -0.2) is 11.0 Å². The van der Waals surface area contributed by atoms with Crippen molar-refractivity contribution >= 4 is 16.9 Å². The minimum absolute atomic E-state index is 0.0370. The quantitative estimate of drug-likeness (QED) is 0.797. The molecule has 0 aliphatic rings. The molecule has 5 heteroatoms. The van der Waals surface area contributed by atoms with Crippen molar-refractivity contribution in [1.29, 1.82) is 0 Å². The predicted molar refractivity (Wildman–Crippen MR) is 66.4 cm³/mol. The van der Waals surface area contributed by atoms with Crippen molar-refractivity contribution in [3.8, 4) is 5.75 Å². The predicted octanol–water partition coefficient (Wildman–Crippen LogP) is 1.22. The molecule has 1 aromatic carbocycles. The number of benzene rings is 1. The van der Waals surface area contributed by atoms with Gasteiger partial charge in [0.2, 0.25) is 5.91 Å². The average molecular weight is 247 g/mol. The molecule has 0 saturated carbocycles. The Kier molecular flexibility index (Phi) is 3.06. The molecule has 2 rings (SSSR count). The molecule has 0 saturated heterocycles. The Bertz CT molecular complexity index is 672. The summed E-state index contributed by atoms with van der Waals surface area (Å²) in [6, 6.07) is 4.59. The first-order chi connectivity index (χ1) is 8.49. The van der Waals surface area contributed by atoms with E-state index in [1.807, 2.05) is 0 Å². The van der Waals surface area contributed by atoms with Crippen LogP contribution in [0.2, 0.25) is 0 Å². The smallest absolute Gasteiger partial charge is 0.339 e. The van der Waals surface area contributed by atoms with Gasteiger partial charge in [-0.25, -0.2) is 4.79 Å². The second-order valence-electron chi connectivity index (χ2n) is 4.14. The zero-order valence-electron chi connectivity index (χ0n) is 9.90. The van der Waals surface area contributed by atoms with Crippen LogP contribution in [-0.2, 0) is 11.2 Å². The van der Waals surface area contributed by atoms with E-state index in [9.17, 15) is 14.7 Å². The maximum absolute atomic E-state index is 11.8. The van der Waals surface area contributed by atoms with Crippen molar-refractivity contribution < 1.29 is 14.3 Å². The molecule has 2 aromatic rings. The number of nitrogens with two attached hydrogens (primary N) is 1. The van der Waals surface area contributed by atoms with Gasteiger partial charge in [0.15, 0.2) is 0 Å². The van der Waals surface area contributed by atoms with Crippen LogP contribution in [0, 0.1) is 6.92 Å². The number of fused-ring (bicyclic) bond motifs is 1. The van der Waals surface area contributed by atoms with E-state index >= 15 is 0 Å². The Balaban J connectivity index is 2.58. The van der Waals surface area contributed by atoms with E-state index in [0.29, 0.717) is 11.1 Å². The third-order valence-electron chi connectivity index (χ3n) is 2.89. The zero-order valence-corrected chi connectivity index (χ0v) is 9.90. The van der Waals surface area contributed by atoms with Gasteiger partial charge in [0.25, 0.3) is 0 Å². The third-order valence-corrected chi connectivity index (χ3v) is 2.89. The second kappa shape index (κ2) is 4.52. The molecule has 0 aliphatic heterocycles. The van der Waals surface area contributed by atoms with Crippen molar-refractivity contribution in [2.24, 2.45) is 5.73 Å². The van der Waals surface area contributed by atoms with E-state index in [1.165, 1.54) is 12.1 Å². The summed E-state index contributed by atoms with van der Waals surface area (Å²) in [7, 11) is 0. The first-order valence-electron chi connectivity index (χ1n) is 5.52. The second-order valence-corrected chi connectivity index (χ2v) is 4.14. The summed E-state index contributed by atoms with van der Waals surface area (Å²) < 4.78 is 5.12. The Morgan fingerprint density at radius 1 is 1.44 bits per heavy atom. The van der Waals surface area contributed by atoms with Crippen LogP contribution >= 0.6 is 0 Å². The van der Waals surface area contributed by atoms with Gasteiger partial charge in [-0.1, -0.05) is 0 Å².